The van der Waals surface area contributed by atoms with Gasteiger partial charge in [0.25, 0.3) is 0 Å². The molecule has 2 rings (SSSR count). The van der Waals surface area contributed by atoms with E-state index in [1.807, 2.05) is 12.1 Å². The highest BCUT2D eigenvalue weighted by Crippen LogP contribution is 2.21. The lowest BCUT2D eigenvalue weighted by atomic mass is 9.97. The summed E-state index contributed by atoms with van der Waals surface area (Å²) in [6, 6.07) is 9.16. The summed E-state index contributed by atoms with van der Waals surface area (Å²) in [6.45, 7) is 7.48. The summed E-state index contributed by atoms with van der Waals surface area (Å²) in [5, 5.41) is 0.0906. The zero-order chi connectivity index (χ0) is 18.6. The first-order valence-corrected chi connectivity index (χ1v) is 8.65. The fraction of sp³-hybridized carbons (Fsp3) is 0.350. The van der Waals surface area contributed by atoms with E-state index >= 15 is 0 Å². The van der Waals surface area contributed by atoms with E-state index in [1.54, 1.807) is 32.0 Å². The van der Waals surface area contributed by atoms with Gasteiger partial charge >= 0.3 is 5.97 Å². The van der Waals surface area contributed by atoms with Crippen LogP contribution in [0.25, 0.3) is 0 Å². The van der Waals surface area contributed by atoms with E-state index in [-0.39, 0.29) is 23.1 Å². The molecule has 0 saturated carbocycles. The van der Waals surface area contributed by atoms with Gasteiger partial charge in [0.2, 0.25) is 0 Å². The summed E-state index contributed by atoms with van der Waals surface area (Å²) < 4.78 is 5.13. The third kappa shape index (κ3) is 4.67. The van der Waals surface area contributed by atoms with E-state index in [2.05, 4.69) is 18.8 Å². The van der Waals surface area contributed by atoms with Gasteiger partial charge in [-0.3, -0.25) is 4.79 Å². The van der Waals surface area contributed by atoms with E-state index in [0.717, 1.165) is 12.1 Å². The summed E-state index contributed by atoms with van der Waals surface area (Å²) >= 11 is 6.03. The van der Waals surface area contributed by atoms with Gasteiger partial charge in [0.05, 0.1) is 5.56 Å². The number of carbonyl (C=O) groups excluding carboxylic acids is 2. The number of halogens is 1. The smallest absolute Gasteiger partial charge is 0.342 e. The molecular weight excluding hydrogens is 338 g/mol. The van der Waals surface area contributed by atoms with Gasteiger partial charge in [-0.1, -0.05) is 49.7 Å². The van der Waals surface area contributed by atoms with Gasteiger partial charge in [-0.2, -0.15) is 0 Å². The van der Waals surface area contributed by atoms with E-state index < -0.39 is 5.97 Å². The number of benzene rings is 1. The predicted molar refractivity (Wildman–Crippen MR) is 98.5 cm³/mol. The van der Waals surface area contributed by atoms with Crippen LogP contribution in [0.5, 0.6) is 0 Å². The number of pyridine rings is 1. The second kappa shape index (κ2) is 8.26. The number of aromatic nitrogens is 1. The van der Waals surface area contributed by atoms with Crippen molar-refractivity contribution in [3.63, 3.8) is 0 Å². The predicted octanol–water partition coefficient (Wildman–Crippen LogP) is 4.91. The summed E-state index contributed by atoms with van der Waals surface area (Å²) in [4.78, 5) is 28.5. The highest BCUT2D eigenvalue weighted by Gasteiger charge is 2.18. The van der Waals surface area contributed by atoms with Gasteiger partial charge < -0.3 is 4.74 Å². The molecule has 0 aliphatic carbocycles. The Balaban J connectivity index is 2.03. The first kappa shape index (κ1) is 19.1. The molecule has 0 amide bonds. The Morgan fingerprint density at radius 2 is 1.84 bits per heavy atom. The molecule has 1 heterocycles. The minimum atomic E-state index is -0.639. The molecule has 25 heavy (non-hydrogen) atoms. The van der Waals surface area contributed by atoms with Crippen LogP contribution in [-0.2, 0) is 4.74 Å². The maximum Gasteiger partial charge on any atom is 0.342 e. The molecule has 0 spiro atoms. The molecule has 0 fully saturated rings. The maximum atomic E-state index is 12.2. The van der Waals surface area contributed by atoms with Crippen LogP contribution in [-0.4, -0.2) is 23.3 Å². The van der Waals surface area contributed by atoms with Crippen molar-refractivity contribution in [3.8, 4) is 0 Å². The van der Waals surface area contributed by atoms with Crippen molar-refractivity contribution in [1.29, 1.82) is 0 Å². The van der Waals surface area contributed by atoms with E-state index in [9.17, 15) is 9.59 Å². The van der Waals surface area contributed by atoms with Crippen molar-refractivity contribution < 1.29 is 14.3 Å². The zero-order valence-corrected chi connectivity index (χ0v) is 15.7. The number of ether oxygens (including phenoxy) is 1. The first-order chi connectivity index (χ1) is 11.8. The van der Waals surface area contributed by atoms with Crippen LogP contribution in [0.2, 0.25) is 5.15 Å². The van der Waals surface area contributed by atoms with Gasteiger partial charge in [-0.25, -0.2) is 9.78 Å². The molecule has 1 atom stereocenters. The molecule has 0 N–H and O–H groups in total. The van der Waals surface area contributed by atoms with Crippen molar-refractivity contribution in [1.82, 2.24) is 4.98 Å². The Hall–Kier alpha value is -2.20. The third-order valence-electron chi connectivity index (χ3n) is 4.25. The van der Waals surface area contributed by atoms with Gasteiger partial charge in [-0.15, -0.1) is 0 Å². The van der Waals surface area contributed by atoms with E-state index in [0.29, 0.717) is 17.0 Å². The molecule has 0 radical (unpaired) electrons. The Bertz CT molecular complexity index is 761. The summed E-state index contributed by atoms with van der Waals surface area (Å²) in [5.41, 5.74) is 3.30. The molecule has 1 aromatic carbocycles. The van der Waals surface area contributed by atoms with Crippen molar-refractivity contribution >= 4 is 23.4 Å². The second-order valence-electron chi connectivity index (χ2n) is 6.18. The summed E-state index contributed by atoms with van der Waals surface area (Å²) in [6.07, 6.45) is 1.04. The topological polar surface area (TPSA) is 56.3 Å². The van der Waals surface area contributed by atoms with Crippen LogP contribution < -0.4 is 0 Å². The highest BCUT2D eigenvalue weighted by molar-refractivity contribution is 6.32. The quantitative estimate of drug-likeness (QED) is 0.418. The van der Waals surface area contributed by atoms with Crippen LogP contribution in [0.1, 0.15) is 63.7 Å². The monoisotopic (exact) mass is 359 g/mol. The van der Waals surface area contributed by atoms with Gasteiger partial charge in [0.15, 0.2) is 12.4 Å². The van der Waals surface area contributed by atoms with E-state index in [1.165, 1.54) is 5.56 Å². The van der Waals surface area contributed by atoms with Crippen molar-refractivity contribution in [3.05, 3.63) is 63.4 Å². The minimum Gasteiger partial charge on any atom is -0.454 e. The average Bonchev–Trinajstić information content (AvgIpc) is 2.58. The number of aryl methyl sites for hydroxylation is 2. The molecule has 132 valence electrons. The Morgan fingerprint density at radius 1 is 1.20 bits per heavy atom. The van der Waals surface area contributed by atoms with Crippen molar-refractivity contribution in [2.75, 3.05) is 6.61 Å². The largest absolute Gasteiger partial charge is 0.454 e. The molecule has 2 aromatic rings. The van der Waals surface area contributed by atoms with Crippen LogP contribution in [0.3, 0.4) is 0 Å². The van der Waals surface area contributed by atoms with E-state index in [4.69, 9.17) is 16.3 Å². The van der Waals surface area contributed by atoms with Crippen LogP contribution >= 0.6 is 11.6 Å². The molecular formula is C20H22ClNO3. The lowest BCUT2D eigenvalue weighted by molar-refractivity contribution is 0.0473. The lowest BCUT2D eigenvalue weighted by Gasteiger charge is -2.10. The third-order valence-corrected chi connectivity index (χ3v) is 4.53. The molecule has 0 unspecified atom stereocenters. The molecule has 0 aliphatic heterocycles. The standard InChI is InChI=1S/C20H22ClNO3/c1-5-12(2)15-6-8-16(9-7-15)17(23)11-25-20(24)18-13(3)10-14(4)22-19(18)21/h6-10,12H,5,11H2,1-4H3/t12-/m0/s1. The number of hydrogen-bond donors (Lipinski definition) is 0. The Labute approximate surface area is 153 Å². The molecule has 1 aromatic heterocycles. The number of nitrogens with zero attached hydrogens (tertiary/aromatic N) is 1. The summed E-state index contributed by atoms with van der Waals surface area (Å²) in [7, 11) is 0. The molecule has 5 heteroatoms. The number of carbonyl (C=O) groups is 2. The van der Waals surface area contributed by atoms with Crippen LogP contribution in [0.4, 0.5) is 0 Å². The number of ketones is 1. The van der Waals surface area contributed by atoms with Crippen molar-refractivity contribution in [2.24, 2.45) is 0 Å². The highest BCUT2D eigenvalue weighted by atomic mass is 35.5. The molecule has 0 bridgehead atoms. The summed E-state index contributed by atoms with van der Waals surface area (Å²) in [5.74, 6) is -0.446. The number of esters is 1. The number of Topliss-reactive ketones (excluding diaryl/α,β-unsaturated/α-hetero) is 1. The SMILES string of the molecule is CC[C@H](C)c1ccc(C(=O)COC(=O)c2c(C)cc(C)nc2Cl)cc1. The normalized spacial score (nSPS) is 11.9. The molecule has 0 aliphatic rings. The van der Waals surface area contributed by atoms with Crippen LogP contribution in [0.15, 0.2) is 30.3 Å². The fourth-order valence-corrected chi connectivity index (χ4v) is 2.92. The number of hydrogen-bond acceptors (Lipinski definition) is 4. The average molecular weight is 360 g/mol. The van der Waals surface area contributed by atoms with Gasteiger partial charge in [0.1, 0.15) is 5.15 Å². The zero-order valence-electron chi connectivity index (χ0n) is 14.9. The van der Waals surface area contributed by atoms with Gasteiger partial charge in [-0.05, 0) is 43.4 Å². The second-order valence-corrected chi connectivity index (χ2v) is 6.53. The first-order valence-electron chi connectivity index (χ1n) is 8.27. The Kier molecular flexibility index (Phi) is 6.32. The van der Waals surface area contributed by atoms with Crippen LogP contribution in [0, 0.1) is 13.8 Å². The Morgan fingerprint density at radius 3 is 2.40 bits per heavy atom. The molecule has 4 nitrogen and oxygen atoms in total. The van der Waals surface area contributed by atoms with Crippen molar-refractivity contribution in [2.45, 2.75) is 40.0 Å². The minimum absolute atomic E-state index is 0.0906. The maximum absolute atomic E-state index is 12.2. The fourth-order valence-electron chi connectivity index (χ4n) is 2.56. The lowest BCUT2D eigenvalue weighted by Crippen LogP contribution is -2.16. The molecule has 0 saturated heterocycles. The number of rotatable bonds is 6. The van der Waals surface area contributed by atoms with Gasteiger partial charge in [0, 0.05) is 11.3 Å².